The van der Waals surface area contributed by atoms with Gasteiger partial charge >= 0.3 is 5.97 Å². The summed E-state index contributed by atoms with van der Waals surface area (Å²) in [5, 5.41) is 10.1. The van der Waals surface area contributed by atoms with Gasteiger partial charge in [0.25, 0.3) is 0 Å². The Balaban J connectivity index is 2.73. The number of hydrogen-bond donors (Lipinski definition) is 1. The van der Waals surface area contributed by atoms with Crippen molar-refractivity contribution in [1.29, 1.82) is 0 Å². The van der Waals surface area contributed by atoms with Crippen molar-refractivity contribution >= 4 is 21.9 Å². The number of hydrogen-bond acceptors (Lipinski definition) is 3. The highest BCUT2D eigenvalue weighted by molar-refractivity contribution is 9.11. The summed E-state index contributed by atoms with van der Waals surface area (Å²) in [7, 11) is 0. The Kier molecular flexibility index (Phi) is 4.99. The summed E-state index contributed by atoms with van der Waals surface area (Å²) in [5.74, 6) is -0.294. The van der Waals surface area contributed by atoms with Crippen LogP contribution in [0.15, 0.2) is 11.1 Å². The first-order chi connectivity index (χ1) is 7.46. The SMILES string of the molecule is C=C(Br)C[C@@]1(COC(C)=O)CCCC[C@H]1O. The van der Waals surface area contributed by atoms with E-state index in [2.05, 4.69) is 22.5 Å². The molecule has 1 rings (SSSR count). The van der Waals surface area contributed by atoms with Crippen LogP contribution in [0.1, 0.15) is 39.0 Å². The van der Waals surface area contributed by atoms with Gasteiger partial charge in [-0.25, -0.2) is 0 Å². The number of aliphatic hydroxyl groups is 1. The summed E-state index contributed by atoms with van der Waals surface area (Å²) in [6.45, 7) is 5.50. The summed E-state index contributed by atoms with van der Waals surface area (Å²) < 4.78 is 5.94. The van der Waals surface area contributed by atoms with Gasteiger partial charge in [-0.3, -0.25) is 4.79 Å². The maximum absolute atomic E-state index is 10.9. The Morgan fingerprint density at radius 3 is 2.81 bits per heavy atom. The number of aliphatic hydroxyl groups excluding tert-OH is 1. The van der Waals surface area contributed by atoms with Gasteiger partial charge in [-0.05, 0) is 23.7 Å². The van der Waals surface area contributed by atoms with E-state index in [9.17, 15) is 9.90 Å². The minimum Gasteiger partial charge on any atom is -0.465 e. The third kappa shape index (κ3) is 3.59. The lowest BCUT2D eigenvalue weighted by Gasteiger charge is -2.40. The largest absolute Gasteiger partial charge is 0.465 e. The van der Waals surface area contributed by atoms with Crippen LogP contribution in [0.25, 0.3) is 0 Å². The van der Waals surface area contributed by atoms with Gasteiger partial charge in [-0.15, -0.1) is 0 Å². The second kappa shape index (κ2) is 5.82. The molecule has 0 amide bonds. The monoisotopic (exact) mass is 290 g/mol. The zero-order chi connectivity index (χ0) is 12.2. The fraction of sp³-hybridized carbons (Fsp3) is 0.750. The molecule has 0 aromatic carbocycles. The van der Waals surface area contributed by atoms with Crippen molar-refractivity contribution in [3.05, 3.63) is 11.1 Å². The maximum Gasteiger partial charge on any atom is 0.302 e. The van der Waals surface area contributed by atoms with Gasteiger partial charge in [0.15, 0.2) is 0 Å². The molecule has 1 aliphatic rings. The first-order valence-corrected chi connectivity index (χ1v) is 6.40. The number of esters is 1. The predicted octanol–water partition coefficient (Wildman–Crippen LogP) is 2.77. The molecule has 0 aromatic rings. The predicted molar refractivity (Wildman–Crippen MR) is 66.2 cm³/mol. The lowest BCUT2D eigenvalue weighted by atomic mass is 9.70. The summed E-state index contributed by atoms with van der Waals surface area (Å²) >= 11 is 3.33. The van der Waals surface area contributed by atoms with Gasteiger partial charge < -0.3 is 9.84 Å². The zero-order valence-electron chi connectivity index (χ0n) is 9.67. The molecule has 0 spiro atoms. The number of allylic oxidation sites excluding steroid dienone is 1. The van der Waals surface area contributed by atoms with Crippen molar-refractivity contribution in [3.8, 4) is 0 Å². The number of carbonyl (C=O) groups is 1. The first-order valence-electron chi connectivity index (χ1n) is 5.61. The molecule has 0 bridgehead atoms. The van der Waals surface area contributed by atoms with Crippen molar-refractivity contribution in [2.75, 3.05) is 6.61 Å². The van der Waals surface area contributed by atoms with Crippen LogP contribution in [0.5, 0.6) is 0 Å². The van der Waals surface area contributed by atoms with Gasteiger partial charge in [-0.1, -0.05) is 35.4 Å². The summed E-state index contributed by atoms with van der Waals surface area (Å²) in [6, 6.07) is 0. The second-order valence-corrected chi connectivity index (χ2v) is 5.72. The van der Waals surface area contributed by atoms with Crippen LogP contribution in [-0.2, 0) is 9.53 Å². The number of ether oxygens (including phenoxy) is 1. The van der Waals surface area contributed by atoms with Gasteiger partial charge in [0, 0.05) is 12.3 Å². The number of rotatable bonds is 4. The van der Waals surface area contributed by atoms with Gasteiger partial charge in [0.2, 0.25) is 0 Å². The van der Waals surface area contributed by atoms with Crippen LogP contribution in [0.3, 0.4) is 0 Å². The molecule has 1 N–H and O–H groups in total. The minimum absolute atomic E-state index is 0.286. The molecule has 1 fully saturated rings. The average Bonchev–Trinajstić information content (AvgIpc) is 2.18. The molecule has 16 heavy (non-hydrogen) atoms. The van der Waals surface area contributed by atoms with Crippen molar-refractivity contribution in [2.24, 2.45) is 5.41 Å². The lowest BCUT2D eigenvalue weighted by Crippen LogP contribution is -2.42. The average molecular weight is 291 g/mol. The van der Waals surface area contributed by atoms with Crippen molar-refractivity contribution in [2.45, 2.75) is 45.1 Å². The second-order valence-electron chi connectivity index (χ2n) is 4.60. The molecule has 0 aliphatic heterocycles. The number of carbonyl (C=O) groups excluding carboxylic acids is 1. The van der Waals surface area contributed by atoms with Crippen LogP contribution in [0.4, 0.5) is 0 Å². The highest BCUT2D eigenvalue weighted by Crippen LogP contribution is 2.42. The molecule has 0 heterocycles. The van der Waals surface area contributed by atoms with E-state index in [0.29, 0.717) is 6.42 Å². The van der Waals surface area contributed by atoms with Crippen LogP contribution >= 0.6 is 15.9 Å². The quantitative estimate of drug-likeness (QED) is 0.810. The normalized spacial score (nSPS) is 29.8. The standard InChI is InChI=1S/C12H19BrO3/c1-9(13)7-12(8-16-10(2)14)6-4-3-5-11(12)15/h11,15H,1,3-8H2,2H3/t11-,12-/m1/s1. The molecule has 1 aliphatic carbocycles. The van der Waals surface area contributed by atoms with Crippen molar-refractivity contribution in [3.63, 3.8) is 0 Å². The van der Waals surface area contributed by atoms with E-state index in [-0.39, 0.29) is 18.0 Å². The Morgan fingerprint density at radius 1 is 1.62 bits per heavy atom. The van der Waals surface area contributed by atoms with Gasteiger partial charge in [0.1, 0.15) is 0 Å². The van der Waals surface area contributed by atoms with Crippen LogP contribution in [0, 0.1) is 5.41 Å². The van der Waals surface area contributed by atoms with E-state index in [0.717, 1.165) is 30.2 Å². The molecule has 1 saturated carbocycles. The Morgan fingerprint density at radius 2 is 2.31 bits per heavy atom. The third-order valence-corrected chi connectivity index (χ3v) is 3.50. The molecule has 0 aromatic heterocycles. The highest BCUT2D eigenvalue weighted by atomic mass is 79.9. The Bertz CT molecular complexity index is 277. The molecule has 2 atom stereocenters. The van der Waals surface area contributed by atoms with Crippen LogP contribution in [-0.4, -0.2) is 23.8 Å². The molecule has 0 unspecified atom stereocenters. The van der Waals surface area contributed by atoms with E-state index in [1.807, 2.05) is 0 Å². The summed E-state index contributed by atoms with van der Waals surface area (Å²) in [5.41, 5.74) is -0.343. The van der Waals surface area contributed by atoms with Gasteiger partial charge in [0.05, 0.1) is 12.7 Å². The van der Waals surface area contributed by atoms with Crippen molar-refractivity contribution < 1.29 is 14.6 Å². The molecule has 92 valence electrons. The number of halogens is 1. The first kappa shape index (κ1) is 13.7. The fourth-order valence-corrected chi connectivity index (χ4v) is 2.90. The van der Waals surface area contributed by atoms with E-state index in [1.54, 1.807) is 0 Å². The molecular weight excluding hydrogens is 272 g/mol. The summed E-state index contributed by atoms with van der Waals surface area (Å²) in [4.78, 5) is 10.9. The Labute approximate surface area is 105 Å². The Hall–Kier alpha value is -0.350. The lowest BCUT2D eigenvalue weighted by molar-refractivity contribution is -0.149. The zero-order valence-corrected chi connectivity index (χ0v) is 11.3. The van der Waals surface area contributed by atoms with E-state index in [1.165, 1.54) is 6.92 Å². The van der Waals surface area contributed by atoms with E-state index < -0.39 is 6.10 Å². The topological polar surface area (TPSA) is 46.5 Å². The maximum atomic E-state index is 10.9. The summed E-state index contributed by atoms with van der Waals surface area (Å²) in [6.07, 6.45) is 4.01. The highest BCUT2D eigenvalue weighted by Gasteiger charge is 2.41. The smallest absolute Gasteiger partial charge is 0.302 e. The molecule has 3 nitrogen and oxygen atoms in total. The molecular formula is C12H19BrO3. The van der Waals surface area contributed by atoms with E-state index in [4.69, 9.17) is 4.74 Å². The van der Waals surface area contributed by atoms with Crippen LogP contribution < -0.4 is 0 Å². The fourth-order valence-electron chi connectivity index (χ4n) is 2.34. The molecule has 4 heteroatoms. The molecule has 0 radical (unpaired) electrons. The molecule has 0 saturated heterocycles. The minimum atomic E-state index is -0.408. The van der Waals surface area contributed by atoms with Crippen molar-refractivity contribution in [1.82, 2.24) is 0 Å². The van der Waals surface area contributed by atoms with E-state index >= 15 is 0 Å². The third-order valence-electron chi connectivity index (χ3n) is 3.22. The van der Waals surface area contributed by atoms with Gasteiger partial charge in [-0.2, -0.15) is 0 Å². The van der Waals surface area contributed by atoms with Crippen LogP contribution in [0.2, 0.25) is 0 Å².